The Hall–Kier alpha value is -2.71. The highest BCUT2D eigenvalue weighted by atomic mass is 32.2. The molecule has 2 heterocycles. The molecule has 0 spiro atoms. The molecule has 0 atom stereocenters. The first-order chi connectivity index (χ1) is 16.3. The second-order valence-electron chi connectivity index (χ2n) is 8.02. The molecule has 2 N–H and O–H groups in total. The molecule has 1 amide bonds. The molecule has 3 aromatic rings. The van der Waals surface area contributed by atoms with E-state index in [4.69, 9.17) is 4.74 Å². The molecule has 4 rings (SSSR count). The van der Waals surface area contributed by atoms with Crippen molar-refractivity contribution < 1.29 is 9.53 Å². The summed E-state index contributed by atoms with van der Waals surface area (Å²) in [6.07, 6.45) is 5.60. The molecule has 0 saturated carbocycles. The first kappa shape index (κ1) is 23.4. The summed E-state index contributed by atoms with van der Waals surface area (Å²) < 4.78 is 8.81. The molecule has 1 saturated heterocycles. The predicted molar refractivity (Wildman–Crippen MR) is 133 cm³/mol. The molecule has 0 unspecified atom stereocenters. The summed E-state index contributed by atoms with van der Waals surface area (Å²) in [7, 11) is 0. The molecule has 7 heteroatoms. The van der Waals surface area contributed by atoms with Gasteiger partial charge in [-0.25, -0.2) is 0 Å². The standard InChI is InChI=1S/C26H30N4O2S/c31-26(29-24-4-1-13-27-20-24)23-9-5-22(6-10-23)19-28-33-25-11-7-21(8-12-25)3-2-14-30-15-17-32-18-16-30/h1,4-13,20,28H,2-3,14-19H2,(H,29,31). The minimum atomic E-state index is -0.137. The number of carbonyl (C=O) groups excluding carboxylic acids is 1. The number of benzene rings is 2. The van der Waals surface area contributed by atoms with E-state index in [1.807, 2.05) is 30.3 Å². The molecule has 1 aliphatic heterocycles. The van der Waals surface area contributed by atoms with Crippen molar-refractivity contribution in [3.05, 3.63) is 89.7 Å². The van der Waals surface area contributed by atoms with E-state index in [9.17, 15) is 4.79 Å². The molecule has 1 aromatic heterocycles. The van der Waals surface area contributed by atoms with E-state index in [2.05, 4.69) is 44.2 Å². The van der Waals surface area contributed by atoms with Gasteiger partial charge in [0.1, 0.15) is 0 Å². The zero-order chi connectivity index (χ0) is 22.7. The van der Waals surface area contributed by atoms with E-state index in [0.29, 0.717) is 11.3 Å². The molecule has 172 valence electrons. The van der Waals surface area contributed by atoms with E-state index in [-0.39, 0.29) is 5.91 Å². The summed E-state index contributed by atoms with van der Waals surface area (Å²) in [4.78, 5) is 20.0. The van der Waals surface area contributed by atoms with E-state index >= 15 is 0 Å². The minimum absolute atomic E-state index is 0.137. The maximum atomic E-state index is 12.3. The molecule has 6 nitrogen and oxygen atoms in total. The number of hydrogen-bond acceptors (Lipinski definition) is 6. The van der Waals surface area contributed by atoms with Crippen molar-refractivity contribution in [2.75, 3.05) is 38.2 Å². The normalized spacial score (nSPS) is 14.2. The smallest absolute Gasteiger partial charge is 0.255 e. The van der Waals surface area contributed by atoms with Crippen LogP contribution in [0.5, 0.6) is 0 Å². The van der Waals surface area contributed by atoms with Crippen molar-refractivity contribution in [2.24, 2.45) is 0 Å². The average Bonchev–Trinajstić information content (AvgIpc) is 2.87. The molecular formula is C26H30N4O2S. The maximum absolute atomic E-state index is 12.3. The van der Waals surface area contributed by atoms with Crippen LogP contribution in [0.4, 0.5) is 5.69 Å². The number of nitrogens with one attached hydrogen (secondary N) is 2. The monoisotopic (exact) mass is 462 g/mol. The van der Waals surface area contributed by atoms with Crippen LogP contribution >= 0.6 is 11.9 Å². The van der Waals surface area contributed by atoms with Crippen LogP contribution in [-0.4, -0.2) is 48.6 Å². The number of rotatable bonds is 10. The van der Waals surface area contributed by atoms with Crippen molar-refractivity contribution in [2.45, 2.75) is 24.3 Å². The lowest BCUT2D eigenvalue weighted by Crippen LogP contribution is -2.36. The third-order valence-electron chi connectivity index (χ3n) is 5.57. The van der Waals surface area contributed by atoms with Gasteiger partial charge >= 0.3 is 0 Å². The summed E-state index contributed by atoms with van der Waals surface area (Å²) in [5.74, 6) is -0.137. The van der Waals surface area contributed by atoms with Gasteiger partial charge in [-0.15, -0.1) is 0 Å². The van der Waals surface area contributed by atoms with E-state index in [1.54, 1.807) is 30.4 Å². The van der Waals surface area contributed by atoms with E-state index in [0.717, 1.165) is 51.4 Å². The molecule has 0 bridgehead atoms. The molecule has 0 radical (unpaired) electrons. The number of morpholine rings is 1. The largest absolute Gasteiger partial charge is 0.379 e. The molecule has 0 aliphatic carbocycles. The Labute approximate surface area is 199 Å². The predicted octanol–water partition coefficient (Wildman–Crippen LogP) is 4.40. The maximum Gasteiger partial charge on any atom is 0.255 e. The van der Waals surface area contributed by atoms with Crippen LogP contribution in [-0.2, 0) is 17.7 Å². The van der Waals surface area contributed by atoms with Gasteiger partial charge in [0.25, 0.3) is 5.91 Å². The van der Waals surface area contributed by atoms with Gasteiger partial charge in [0.05, 0.1) is 25.1 Å². The van der Waals surface area contributed by atoms with Gasteiger partial charge in [0, 0.05) is 36.3 Å². The van der Waals surface area contributed by atoms with Crippen LogP contribution < -0.4 is 10.0 Å². The molecule has 1 fully saturated rings. The number of ether oxygens (including phenoxy) is 1. The van der Waals surface area contributed by atoms with Gasteiger partial charge in [-0.05, 0) is 78.9 Å². The van der Waals surface area contributed by atoms with E-state index < -0.39 is 0 Å². The van der Waals surface area contributed by atoms with Crippen molar-refractivity contribution in [1.82, 2.24) is 14.6 Å². The van der Waals surface area contributed by atoms with Crippen LogP contribution in [0.2, 0.25) is 0 Å². The average molecular weight is 463 g/mol. The van der Waals surface area contributed by atoms with Gasteiger partial charge in [-0.3, -0.25) is 19.4 Å². The highest BCUT2D eigenvalue weighted by Gasteiger charge is 2.09. The summed E-state index contributed by atoms with van der Waals surface area (Å²) in [5, 5.41) is 2.85. The SMILES string of the molecule is O=C(Nc1cccnc1)c1ccc(CNSc2ccc(CCCN3CCOCC3)cc2)cc1. The Balaban J connectivity index is 1.16. The van der Waals surface area contributed by atoms with Crippen molar-refractivity contribution in [3.8, 4) is 0 Å². The number of amides is 1. The highest BCUT2D eigenvalue weighted by molar-refractivity contribution is 7.97. The first-order valence-electron chi connectivity index (χ1n) is 11.4. The number of nitrogens with zero attached hydrogens (tertiary/aromatic N) is 2. The van der Waals surface area contributed by atoms with E-state index in [1.165, 1.54) is 16.9 Å². The highest BCUT2D eigenvalue weighted by Crippen LogP contribution is 2.17. The number of hydrogen-bond donors (Lipinski definition) is 2. The van der Waals surface area contributed by atoms with Crippen molar-refractivity contribution >= 4 is 23.5 Å². The van der Waals surface area contributed by atoms with Crippen LogP contribution in [0.15, 0.2) is 78.0 Å². The van der Waals surface area contributed by atoms with Gasteiger partial charge in [-0.1, -0.05) is 24.3 Å². The quantitative estimate of drug-likeness (QED) is 0.436. The Morgan fingerprint density at radius 3 is 2.48 bits per heavy atom. The zero-order valence-electron chi connectivity index (χ0n) is 18.7. The summed E-state index contributed by atoms with van der Waals surface area (Å²) >= 11 is 1.62. The fourth-order valence-electron chi connectivity index (χ4n) is 3.67. The Morgan fingerprint density at radius 2 is 1.76 bits per heavy atom. The Kier molecular flexibility index (Phi) is 8.89. The number of carbonyl (C=O) groups is 1. The van der Waals surface area contributed by atoms with Gasteiger partial charge in [0.15, 0.2) is 0 Å². The number of anilines is 1. The van der Waals surface area contributed by atoms with Crippen LogP contribution in [0.1, 0.15) is 27.9 Å². The molecule has 33 heavy (non-hydrogen) atoms. The van der Waals surface area contributed by atoms with Gasteiger partial charge < -0.3 is 10.1 Å². The van der Waals surface area contributed by atoms with Crippen LogP contribution in [0.25, 0.3) is 0 Å². The minimum Gasteiger partial charge on any atom is -0.379 e. The number of aromatic nitrogens is 1. The second kappa shape index (κ2) is 12.5. The topological polar surface area (TPSA) is 66.5 Å². The zero-order valence-corrected chi connectivity index (χ0v) is 19.5. The Morgan fingerprint density at radius 1 is 1.00 bits per heavy atom. The van der Waals surface area contributed by atoms with Crippen molar-refractivity contribution in [3.63, 3.8) is 0 Å². The number of aryl methyl sites for hydroxylation is 1. The summed E-state index contributed by atoms with van der Waals surface area (Å²) in [6, 6.07) is 20.0. The fraction of sp³-hybridized carbons (Fsp3) is 0.308. The summed E-state index contributed by atoms with van der Waals surface area (Å²) in [6.45, 7) is 5.71. The lowest BCUT2D eigenvalue weighted by Gasteiger charge is -2.26. The second-order valence-corrected chi connectivity index (χ2v) is 8.98. The summed E-state index contributed by atoms with van der Waals surface area (Å²) in [5.41, 5.74) is 3.82. The van der Waals surface area contributed by atoms with Crippen molar-refractivity contribution in [1.29, 1.82) is 0 Å². The fourth-order valence-corrected chi connectivity index (χ4v) is 4.35. The van der Waals surface area contributed by atoms with Gasteiger partial charge in [0.2, 0.25) is 0 Å². The molecule has 1 aliphatic rings. The first-order valence-corrected chi connectivity index (χ1v) is 12.2. The lowest BCUT2D eigenvalue weighted by molar-refractivity contribution is 0.0374. The third-order valence-corrected chi connectivity index (χ3v) is 6.37. The third kappa shape index (κ3) is 7.68. The molecular weight excluding hydrogens is 432 g/mol. The number of pyridine rings is 1. The van der Waals surface area contributed by atoms with Gasteiger partial charge in [-0.2, -0.15) is 0 Å². The van der Waals surface area contributed by atoms with Crippen LogP contribution in [0, 0.1) is 0 Å². The van der Waals surface area contributed by atoms with Crippen LogP contribution in [0.3, 0.4) is 0 Å². The lowest BCUT2D eigenvalue weighted by atomic mass is 10.1. The molecule has 2 aromatic carbocycles. The Bertz CT molecular complexity index is 991.